The second-order valence-electron chi connectivity index (χ2n) is 0.999. The standard InChI is InChI=1S/C4H5Cl2O/c5-4(6)2-1-3-7/h1,3-4H,2H2. The molecular weight excluding hydrogens is 135 g/mol. The first kappa shape index (κ1) is 7.25. The minimum Gasteiger partial charge on any atom is -0.303 e. The Bertz CT molecular complexity index is 53.7. The highest BCUT2D eigenvalue weighted by Gasteiger charge is 1.94. The summed E-state index contributed by atoms with van der Waals surface area (Å²) in [6.45, 7) is 0. The summed E-state index contributed by atoms with van der Waals surface area (Å²) in [6.07, 6.45) is 2.50. The summed E-state index contributed by atoms with van der Waals surface area (Å²) in [5.41, 5.74) is 0. The van der Waals surface area contributed by atoms with Gasteiger partial charge in [-0.2, -0.15) is 0 Å². The van der Waals surface area contributed by atoms with Crippen molar-refractivity contribution in [3.63, 3.8) is 0 Å². The lowest BCUT2D eigenvalue weighted by molar-refractivity contribution is -0.105. The fourth-order valence-electron chi connectivity index (χ4n) is 0.158. The predicted molar refractivity (Wildman–Crippen MR) is 30.5 cm³/mol. The second kappa shape index (κ2) is 4.41. The van der Waals surface area contributed by atoms with Crippen LogP contribution in [-0.4, -0.2) is 11.1 Å². The average molecular weight is 140 g/mol. The zero-order chi connectivity index (χ0) is 5.70. The van der Waals surface area contributed by atoms with E-state index in [1.54, 1.807) is 0 Å². The van der Waals surface area contributed by atoms with Gasteiger partial charge in [-0.25, -0.2) is 0 Å². The molecule has 3 heteroatoms. The van der Waals surface area contributed by atoms with E-state index in [2.05, 4.69) is 0 Å². The lowest BCUT2D eigenvalue weighted by atomic mass is 10.4. The van der Waals surface area contributed by atoms with Gasteiger partial charge < -0.3 is 4.79 Å². The van der Waals surface area contributed by atoms with E-state index in [1.807, 2.05) is 0 Å². The summed E-state index contributed by atoms with van der Waals surface area (Å²) in [5, 5.41) is 0. The number of halogens is 2. The summed E-state index contributed by atoms with van der Waals surface area (Å²) in [7, 11) is 0. The van der Waals surface area contributed by atoms with E-state index in [0.717, 1.165) is 0 Å². The van der Waals surface area contributed by atoms with E-state index in [-0.39, 0.29) is 0 Å². The fraction of sp³-hybridized carbons (Fsp3) is 0.500. The van der Waals surface area contributed by atoms with E-state index in [9.17, 15) is 4.79 Å². The molecule has 41 valence electrons. The van der Waals surface area contributed by atoms with Gasteiger partial charge in [0.15, 0.2) is 0 Å². The summed E-state index contributed by atoms with van der Waals surface area (Å²) in [4.78, 5) is 9.10. The van der Waals surface area contributed by atoms with Crippen molar-refractivity contribution in [2.24, 2.45) is 0 Å². The molecule has 7 heavy (non-hydrogen) atoms. The Hall–Kier alpha value is 0.250. The van der Waals surface area contributed by atoms with E-state index in [0.29, 0.717) is 12.7 Å². The van der Waals surface area contributed by atoms with Crippen LogP contribution in [0.5, 0.6) is 0 Å². The first-order valence-corrected chi connectivity index (χ1v) is 2.69. The maximum atomic E-state index is 9.54. The van der Waals surface area contributed by atoms with Crippen molar-refractivity contribution in [2.75, 3.05) is 0 Å². The second-order valence-corrected chi connectivity index (χ2v) is 2.28. The molecular formula is C4H5Cl2O. The molecule has 0 aromatic rings. The summed E-state index contributed by atoms with van der Waals surface area (Å²) < 4.78 is 0. The SMILES string of the molecule is O=C[CH]CC(Cl)Cl. The van der Waals surface area contributed by atoms with Crippen molar-refractivity contribution >= 4 is 29.5 Å². The third-order valence-electron chi connectivity index (χ3n) is 0.410. The van der Waals surface area contributed by atoms with Crippen LogP contribution in [0.4, 0.5) is 0 Å². The van der Waals surface area contributed by atoms with Gasteiger partial charge >= 0.3 is 0 Å². The molecule has 0 aliphatic rings. The Balaban J connectivity index is 2.81. The molecule has 0 heterocycles. The van der Waals surface area contributed by atoms with Gasteiger partial charge in [0.25, 0.3) is 0 Å². The summed E-state index contributed by atoms with van der Waals surface area (Å²) in [6, 6.07) is 0. The van der Waals surface area contributed by atoms with Crippen LogP contribution >= 0.6 is 23.2 Å². The molecule has 0 spiro atoms. The molecule has 1 nitrogen and oxygen atoms in total. The normalized spacial score (nSPS) is 9.57. The van der Waals surface area contributed by atoms with Crippen molar-refractivity contribution < 1.29 is 4.79 Å². The van der Waals surface area contributed by atoms with Crippen molar-refractivity contribution in [3.05, 3.63) is 6.42 Å². The molecule has 0 atom stereocenters. The van der Waals surface area contributed by atoms with Crippen molar-refractivity contribution in [1.82, 2.24) is 0 Å². The molecule has 0 aliphatic carbocycles. The van der Waals surface area contributed by atoms with Gasteiger partial charge in [-0.1, -0.05) is 0 Å². The van der Waals surface area contributed by atoms with Gasteiger partial charge in [-0.15, -0.1) is 23.2 Å². The minimum atomic E-state index is -0.440. The van der Waals surface area contributed by atoms with Gasteiger partial charge in [-0.05, 0) is 6.42 Å². The fourth-order valence-corrected chi connectivity index (χ4v) is 0.364. The number of hydrogen-bond donors (Lipinski definition) is 0. The summed E-state index contributed by atoms with van der Waals surface area (Å²) >= 11 is 10.5. The summed E-state index contributed by atoms with van der Waals surface area (Å²) in [5.74, 6) is 0. The monoisotopic (exact) mass is 139 g/mol. The number of hydrogen-bond acceptors (Lipinski definition) is 1. The highest BCUT2D eigenvalue weighted by molar-refractivity contribution is 6.44. The Morgan fingerprint density at radius 3 is 2.29 bits per heavy atom. The molecule has 0 unspecified atom stereocenters. The van der Waals surface area contributed by atoms with Crippen LogP contribution in [0.25, 0.3) is 0 Å². The molecule has 0 bridgehead atoms. The molecule has 0 aromatic carbocycles. The topological polar surface area (TPSA) is 17.1 Å². The molecule has 0 saturated carbocycles. The average Bonchev–Trinajstić information content (AvgIpc) is 1.61. The van der Waals surface area contributed by atoms with Crippen LogP contribution < -0.4 is 0 Å². The maximum absolute atomic E-state index is 9.54. The van der Waals surface area contributed by atoms with Crippen molar-refractivity contribution in [3.8, 4) is 0 Å². The van der Waals surface area contributed by atoms with E-state index < -0.39 is 4.84 Å². The number of alkyl halides is 2. The highest BCUT2D eigenvalue weighted by atomic mass is 35.5. The third kappa shape index (κ3) is 6.25. The first-order valence-electron chi connectivity index (χ1n) is 1.82. The van der Waals surface area contributed by atoms with Crippen LogP contribution in [0.15, 0.2) is 0 Å². The molecule has 0 fully saturated rings. The van der Waals surface area contributed by atoms with E-state index in [4.69, 9.17) is 23.2 Å². The number of aldehydes is 1. The largest absolute Gasteiger partial charge is 0.303 e. The van der Waals surface area contributed by atoms with Crippen LogP contribution in [-0.2, 0) is 4.79 Å². The molecule has 0 amide bonds. The molecule has 0 N–H and O–H groups in total. The van der Waals surface area contributed by atoms with Crippen LogP contribution in [0.2, 0.25) is 0 Å². The molecule has 0 aromatic heterocycles. The van der Waals surface area contributed by atoms with Gasteiger partial charge in [0.1, 0.15) is 11.1 Å². The van der Waals surface area contributed by atoms with Crippen LogP contribution in [0, 0.1) is 6.42 Å². The van der Waals surface area contributed by atoms with Crippen molar-refractivity contribution in [2.45, 2.75) is 11.3 Å². The van der Waals surface area contributed by atoms with E-state index in [1.165, 1.54) is 6.42 Å². The Kier molecular flexibility index (Phi) is 4.57. The number of carbonyl (C=O) groups excluding carboxylic acids is 1. The third-order valence-corrected chi connectivity index (χ3v) is 0.767. The Morgan fingerprint density at radius 1 is 1.57 bits per heavy atom. The molecule has 0 aliphatic heterocycles. The van der Waals surface area contributed by atoms with Crippen LogP contribution in [0.3, 0.4) is 0 Å². The first-order chi connectivity index (χ1) is 3.27. The van der Waals surface area contributed by atoms with Gasteiger partial charge in [-0.3, -0.25) is 0 Å². The highest BCUT2D eigenvalue weighted by Crippen LogP contribution is 2.06. The Morgan fingerprint density at radius 2 is 2.14 bits per heavy atom. The lowest BCUT2D eigenvalue weighted by Crippen LogP contribution is -1.86. The maximum Gasteiger partial charge on any atom is 0.123 e. The van der Waals surface area contributed by atoms with Gasteiger partial charge in [0.05, 0.1) is 0 Å². The molecule has 1 radical (unpaired) electrons. The zero-order valence-electron chi connectivity index (χ0n) is 3.60. The lowest BCUT2D eigenvalue weighted by Gasteiger charge is -1.89. The minimum absolute atomic E-state index is 0.437. The van der Waals surface area contributed by atoms with E-state index >= 15 is 0 Å². The number of rotatable bonds is 3. The Labute approximate surface area is 52.6 Å². The molecule has 0 saturated heterocycles. The van der Waals surface area contributed by atoms with Gasteiger partial charge in [0.2, 0.25) is 0 Å². The predicted octanol–water partition coefficient (Wildman–Crippen LogP) is 1.58. The van der Waals surface area contributed by atoms with Crippen LogP contribution in [0.1, 0.15) is 6.42 Å². The number of carbonyl (C=O) groups is 1. The smallest absolute Gasteiger partial charge is 0.123 e. The molecule has 0 rings (SSSR count). The van der Waals surface area contributed by atoms with Crippen molar-refractivity contribution in [1.29, 1.82) is 0 Å². The van der Waals surface area contributed by atoms with Gasteiger partial charge in [0, 0.05) is 6.42 Å². The zero-order valence-corrected chi connectivity index (χ0v) is 5.12. The quantitative estimate of drug-likeness (QED) is 0.429.